The fourth-order valence-corrected chi connectivity index (χ4v) is 3.43. The molecule has 1 amide bonds. The van der Waals surface area contributed by atoms with Gasteiger partial charge in [-0.1, -0.05) is 48.0 Å². The van der Waals surface area contributed by atoms with E-state index in [1.54, 1.807) is 54.7 Å². The van der Waals surface area contributed by atoms with Crippen LogP contribution in [0.1, 0.15) is 21.5 Å². The summed E-state index contributed by atoms with van der Waals surface area (Å²) in [5.74, 6) is -0.963. The van der Waals surface area contributed by atoms with E-state index < -0.39 is 17.3 Å². The van der Waals surface area contributed by atoms with E-state index in [1.807, 2.05) is 6.07 Å². The monoisotopic (exact) mass is 421 g/mol. The Morgan fingerprint density at radius 2 is 1.77 bits per heavy atom. The molecule has 0 saturated heterocycles. The van der Waals surface area contributed by atoms with Gasteiger partial charge in [0.05, 0.1) is 6.54 Å². The molecule has 0 unspecified atom stereocenters. The molecule has 0 spiro atoms. The molecule has 0 aliphatic heterocycles. The van der Waals surface area contributed by atoms with E-state index in [9.17, 15) is 14.0 Å². The number of halogens is 2. The predicted octanol–water partition coefficient (Wildman–Crippen LogP) is 4.17. The number of carbonyl (C=O) groups excluding carboxylic acids is 1. The lowest BCUT2D eigenvalue weighted by atomic mass is 10.1. The van der Waals surface area contributed by atoms with E-state index in [1.165, 1.54) is 16.7 Å². The molecule has 0 bridgehead atoms. The zero-order valence-electron chi connectivity index (χ0n) is 15.8. The second kappa shape index (κ2) is 8.47. The molecule has 0 fully saturated rings. The van der Waals surface area contributed by atoms with Crippen LogP contribution in [0.2, 0.25) is 5.02 Å². The molecule has 5 nitrogen and oxygen atoms in total. The van der Waals surface area contributed by atoms with Gasteiger partial charge in [0, 0.05) is 28.7 Å². The average Bonchev–Trinajstić information content (AvgIpc) is 2.76. The maximum Gasteiger partial charge on any atom is 0.265 e. The van der Waals surface area contributed by atoms with E-state index in [-0.39, 0.29) is 18.7 Å². The Kier molecular flexibility index (Phi) is 5.59. The third-order valence-electron chi connectivity index (χ3n) is 4.78. The van der Waals surface area contributed by atoms with Crippen LogP contribution in [0.5, 0.6) is 0 Å². The fourth-order valence-electron chi connectivity index (χ4n) is 3.23. The van der Waals surface area contributed by atoms with Crippen LogP contribution in [0.3, 0.4) is 0 Å². The first-order valence-corrected chi connectivity index (χ1v) is 9.66. The van der Waals surface area contributed by atoms with Crippen molar-refractivity contribution in [3.8, 4) is 0 Å². The highest BCUT2D eigenvalue weighted by Gasteiger charge is 2.17. The maximum atomic E-state index is 14.2. The summed E-state index contributed by atoms with van der Waals surface area (Å²) < 4.78 is 15.5. The highest BCUT2D eigenvalue weighted by atomic mass is 35.5. The number of nitrogens with zero attached hydrogens (tertiary/aromatic N) is 2. The van der Waals surface area contributed by atoms with Crippen molar-refractivity contribution in [1.82, 2.24) is 14.9 Å². The summed E-state index contributed by atoms with van der Waals surface area (Å²) in [7, 11) is 0. The van der Waals surface area contributed by atoms with Crippen LogP contribution in [-0.4, -0.2) is 15.5 Å². The van der Waals surface area contributed by atoms with Crippen LogP contribution in [0, 0.1) is 5.82 Å². The molecule has 2 aromatic heterocycles. The van der Waals surface area contributed by atoms with E-state index in [0.29, 0.717) is 21.6 Å². The number of amides is 1. The first-order chi connectivity index (χ1) is 14.5. The highest BCUT2D eigenvalue weighted by Crippen LogP contribution is 2.16. The Hall–Kier alpha value is -3.51. The zero-order valence-corrected chi connectivity index (χ0v) is 16.6. The van der Waals surface area contributed by atoms with E-state index in [4.69, 9.17) is 11.6 Å². The number of nitrogens with one attached hydrogen (secondary N) is 1. The molecule has 0 radical (unpaired) electrons. The minimum absolute atomic E-state index is 0.0371. The third-order valence-corrected chi connectivity index (χ3v) is 5.14. The first-order valence-electron chi connectivity index (χ1n) is 9.28. The zero-order chi connectivity index (χ0) is 21.1. The Bertz CT molecular complexity index is 1300. The first kappa shape index (κ1) is 19.8. The van der Waals surface area contributed by atoms with Crippen molar-refractivity contribution in [2.24, 2.45) is 0 Å². The number of pyridine rings is 2. The molecule has 0 atom stereocenters. The van der Waals surface area contributed by atoms with Crippen LogP contribution in [0.15, 0.2) is 77.7 Å². The topological polar surface area (TPSA) is 64.0 Å². The largest absolute Gasteiger partial charge is 0.348 e. The second-order valence-electron chi connectivity index (χ2n) is 6.73. The Balaban J connectivity index is 1.73. The SMILES string of the molecule is O=C(NCc1ccccc1Cl)c1cc2cccnc2n(Cc2ccccc2F)c1=O. The number of fused-ring (bicyclic) bond motifs is 1. The van der Waals surface area contributed by atoms with Crippen molar-refractivity contribution >= 4 is 28.5 Å². The molecule has 2 heterocycles. The van der Waals surface area contributed by atoms with E-state index in [0.717, 1.165) is 5.56 Å². The van der Waals surface area contributed by atoms with Crippen LogP contribution < -0.4 is 10.9 Å². The summed E-state index contributed by atoms with van der Waals surface area (Å²) in [5.41, 5.74) is 0.871. The van der Waals surface area contributed by atoms with Gasteiger partial charge in [-0.05, 0) is 35.9 Å². The number of aromatic nitrogens is 2. The lowest BCUT2D eigenvalue weighted by Gasteiger charge is -2.13. The Labute approximate surface area is 176 Å². The van der Waals surface area contributed by atoms with Gasteiger partial charge in [0.1, 0.15) is 17.0 Å². The highest BCUT2D eigenvalue weighted by molar-refractivity contribution is 6.31. The van der Waals surface area contributed by atoms with Crippen molar-refractivity contribution in [3.63, 3.8) is 0 Å². The molecule has 30 heavy (non-hydrogen) atoms. The molecule has 0 aliphatic rings. The van der Waals surface area contributed by atoms with Crippen molar-refractivity contribution in [1.29, 1.82) is 0 Å². The van der Waals surface area contributed by atoms with Gasteiger partial charge in [-0.15, -0.1) is 0 Å². The Morgan fingerprint density at radius 3 is 2.53 bits per heavy atom. The smallest absolute Gasteiger partial charge is 0.265 e. The van der Waals surface area contributed by atoms with Crippen molar-refractivity contribution in [2.75, 3.05) is 0 Å². The predicted molar refractivity (Wildman–Crippen MR) is 114 cm³/mol. The van der Waals surface area contributed by atoms with Gasteiger partial charge >= 0.3 is 0 Å². The van der Waals surface area contributed by atoms with Gasteiger partial charge in [0.25, 0.3) is 11.5 Å². The molecular weight excluding hydrogens is 405 g/mol. The summed E-state index contributed by atoms with van der Waals surface area (Å²) >= 11 is 6.13. The number of hydrogen-bond acceptors (Lipinski definition) is 3. The molecule has 4 rings (SSSR count). The van der Waals surface area contributed by atoms with E-state index >= 15 is 0 Å². The number of benzene rings is 2. The van der Waals surface area contributed by atoms with Crippen molar-refractivity contribution in [3.05, 3.63) is 111 Å². The average molecular weight is 422 g/mol. The summed E-state index contributed by atoms with van der Waals surface area (Å²) in [5, 5.41) is 3.87. The lowest BCUT2D eigenvalue weighted by Crippen LogP contribution is -2.33. The van der Waals surface area contributed by atoms with Gasteiger partial charge in [-0.3, -0.25) is 14.2 Å². The molecule has 1 N–H and O–H groups in total. The van der Waals surface area contributed by atoms with E-state index in [2.05, 4.69) is 10.3 Å². The minimum Gasteiger partial charge on any atom is -0.348 e. The van der Waals surface area contributed by atoms with Gasteiger partial charge in [-0.25, -0.2) is 9.37 Å². The van der Waals surface area contributed by atoms with Crippen molar-refractivity contribution in [2.45, 2.75) is 13.1 Å². The number of rotatable bonds is 5. The van der Waals surface area contributed by atoms with Crippen molar-refractivity contribution < 1.29 is 9.18 Å². The quantitative estimate of drug-likeness (QED) is 0.526. The van der Waals surface area contributed by atoms with Gasteiger partial charge in [0.15, 0.2) is 0 Å². The maximum absolute atomic E-state index is 14.2. The van der Waals surface area contributed by atoms with Gasteiger partial charge in [0.2, 0.25) is 0 Å². The van der Waals surface area contributed by atoms with Gasteiger partial charge in [-0.2, -0.15) is 0 Å². The summed E-state index contributed by atoms with van der Waals surface area (Å²) in [4.78, 5) is 30.2. The second-order valence-corrected chi connectivity index (χ2v) is 7.14. The normalized spacial score (nSPS) is 10.9. The third kappa shape index (κ3) is 3.95. The minimum atomic E-state index is -0.541. The molecular formula is C23H17ClFN3O2. The van der Waals surface area contributed by atoms with Gasteiger partial charge < -0.3 is 5.32 Å². The standard InChI is InChI=1S/C23H17ClFN3O2/c24-19-9-3-1-6-16(19)13-27-22(29)18-12-15-8-5-11-26-21(15)28(23(18)30)14-17-7-2-4-10-20(17)25/h1-12H,13-14H2,(H,27,29). The molecule has 0 saturated carbocycles. The lowest BCUT2D eigenvalue weighted by molar-refractivity contribution is 0.0949. The van der Waals surface area contributed by atoms with Crippen LogP contribution in [-0.2, 0) is 13.1 Å². The summed E-state index contributed by atoms with van der Waals surface area (Å²) in [6.45, 7) is 0.140. The fraction of sp³-hybridized carbons (Fsp3) is 0.0870. The number of carbonyl (C=O) groups is 1. The summed E-state index contributed by atoms with van der Waals surface area (Å²) in [6.07, 6.45) is 1.55. The Morgan fingerprint density at radius 1 is 1.03 bits per heavy atom. The van der Waals surface area contributed by atoms with Crippen LogP contribution >= 0.6 is 11.6 Å². The van der Waals surface area contributed by atoms with Crippen LogP contribution in [0.25, 0.3) is 11.0 Å². The molecule has 150 valence electrons. The summed E-state index contributed by atoms with van der Waals surface area (Å²) in [6, 6.07) is 18.3. The van der Waals surface area contributed by atoms with Crippen LogP contribution in [0.4, 0.5) is 4.39 Å². The molecule has 0 aliphatic carbocycles. The molecule has 7 heteroatoms. The molecule has 2 aromatic carbocycles. The molecule has 4 aromatic rings. The number of hydrogen-bond donors (Lipinski definition) is 1.